The molecule has 1 aromatic rings. The topological polar surface area (TPSA) is 96.3 Å². The molecule has 0 aliphatic carbocycles. The van der Waals surface area contributed by atoms with Crippen molar-refractivity contribution in [3.63, 3.8) is 0 Å². The zero-order chi connectivity index (χ0) is 16.4. The molecule has 0 radical (unpaired) electrons. The molecule has 0 spiro atoms. The van der Waals surface area contributed by atoms with Crippen molar-refractivity contribution in [2.45, 2.75) is 32.1 Å². The summed E-state index contributed by atoms with van der Waals surface area (Å²) in [6, 6.07) is -1.24. The fraction of sp³-hybridized carbons (Fsp3) is 0.545. The fourth-order valence-corrected chi connectivity index (χ4v) is 1.51. The Kier molecular flexibility index (Phi) is 4.49. The fourth-order valence-electron chi connectivity index (χ4n) is 1.51. The van der Waals surface area contributed by atoms with Crippen LogP contribution in [0.2, 0.25) is 0 Å². The highest BCUT2D eigenvalue weighted by molar-refractivity contribution is 5.86. The van der Waals surface area contributed by atoms with Crippen LogP contribution in [-0.2, 0) is 18.4 Å². The molecule has 2 amide bonds. The van der Waals surface area contributed by atoms with Crippen molar-refractivity contribution in [3.8, 4) is 0 Å². The van der Waals surface area contributed by atoms with Crippen molar-refractivity contribution in [2.75, 3.05) is 0 Å². The Labute approximate surface area is 118 Å². The third-order valence-corrected chi connectivity index (χ3v) is 2.91. The van der Waals surface area contributed by atoms with E-state index in [1.807, 2.05) is 0 Å². The minimum Gasteiger partial charge on any atom is -0.479 e. The third-order valence-electron chi connectivity index (χ3n) is 2.91. The number of halogens is 3. The molecule has 1 atom stereocenters. The summed E-state index contributed by atoms with van der Waals surface area (Å²) in [5.41, 5.74) is -2.15. The number of carboxylic acids is 1. The summed E-state index contributed by atoms with van der Waals surface area (Å²) in [5.74, 6) is -2.19. The second kappa shape index (κ2) is 5.62. The number of carboxylic acid groups (broad SMARTS) is 1. The molecule has 3 N–H and O–H groups in total. The molecule has 0 fully saturated rings. The minimum absolute atomic E-state index is 0.0704. The van der Waals surface area contributed by atoms with Gasteiger partial charge in [0.25, 0.3) is 0 Å². The molecular weight excluding hydrogens is 293 g/mol. The number of carbonyl (C=O) groups excluding carboxylic acids is 1. The van der Waals surface area contributed by atoms with Crippen molar-refractivity contribution in [1.29, 1.82) is 0 Å². The van der Waals surface area contributed by atoms with E-state index >= 15 is 0 Å². The monoisotopic (exact) mass is 308 g/mol. The third kappa shape index (κ3) is 3.64. The van der Waals surface area contributed by atoms with Crippen LogP contribution in [0.1, 0.15) is 18.2 Å². The molecule has 0 aromatic carbocycles. The lowest BCUT2D eigenvalue weighted by molar-refractivity contribution is -0.203. The van der Waals surface area contributed by atoms with Crippen LogP contribution in [0.5, 0.6) is 0 Å². The number of nitrogens with one attached hydrogen (secondary N) is 2. The average Bonchev–Trinajstić information content (AvgIpc) is 2.63. The Hall–Kier alpha value is -2.26. The molecule has 1 unspecified atom stereocenters. The van der Waals surface area contributed by atoms with E-state index in [0.29, 0.717) is 18.2 Å². The van der Waals surface area contributed by atoms with Gasteiger partial charge in [-0.1, -0.05) is 0 Å². The Morgan fingerprint density at radius 2 is 2.00 bits per heavy atom. The molecular formula is C11H15F3N4O3. The van der Waals surface area contributed by atoms with Crippen molar-refractivity contribution in [1.82, 2.24) is 20.4 Å². The highest BCUT2D eigenvalue weighted by atomic mass is 19.4. The summed E-state index contributed by atoms with van der Waals surface area (Å²) >= 11 is 0. The second-order valence-electron chi connectivity index (χ2n) is 4.65. The summed E-state index contributed by atoms with van der Waals surface area (Å²) < 4.78 is 39.6. The SMILES string of the molecule is Cc1nn(C)cc1CNC(=O)NC(C)(C(=O)O)C(F)(F)F. The van der Waals surface area contributed by atoms with Gasteiger partial charge in [-0.3, -0.25) is 4.68 Å². The second-order valence-corrected chi connectivity index (χ2v) is 4.65. The summed E-state index contributed by atoms with van der Waals surface area (Å²) in [7, 11) is 1.65. The lowest BCUT2D eigenvalue weighted by Crippen LogP contribution is -2.63. The number of nitrogens with zero attached hydrogens (tertiary/aromatic N) is 2. The largest absolute Gasteiger partial charge is 0.479 e. The van der Waals surface area contributed by atoms with Crippen LogP contribution < -0.4 is 10.6 Å². The number of amides is 2. The van der Waals surface area contributed by atoms with Gasteiger partial charge < -0.3 is 15.7 Å². The molecule has 1 aromatic heterocycles. The lowest BCUT2D eigenvalue weighted by Gasteiger charge is -2.28. The average molecular weight is 308 g/mol. The first-order valence-corrected chi connectivity index (χ1v) is 5.82. The van der Waals surface area contributed by atoms with Crippen molar-refractivity contribution >= 4 is 12.0 Å². The van der Waals surface area contributed by atoms with E-state index in [9.17, 15) is 22.8 Å². The molecule has 7 nitrogen and oxygen atoms in total. The smallest absolute Gasteiger partial charge is 0.422 e. The minimum atomic E-state index is -5.12. The lowest BCUT2D eigenvalue weighted by atomic mass is 10.0. The van der Waals surface area contributed by atoms with Crippen LogP contribution in [0.15, 0.2) is 6.20 Å². The van der Waals surface area contributed by atoms with Crippen LogP contribution >= 0.6 is 0 Å². The molecule has 1 rings (SSSR count). The number of aromatic nitrogens is 2. The van der Waals surface area contributed by atoms with Gasteiger partial charge >= 0.3 is 18.2 Å². The maximum absolute atomic E-state index is 12.7. The van der Waals surface area contributed by atoms with Crippen molar-refractivity contribution in [3.05, 3.63) is 17.5 Å². The van der Waals surface area contributed by atoms with E-state index in [1.165, 1.54) is 10.00 Å². The Bertz CT molecular complexity index is 555. The maximum atomic E-state index is 12.7. The number of carbonyl (C=O) groups is 2. The van der Waals surface area contributed by atoms with E-state index in [0.717, 1.165) is 0 Å². The number of rotatable bonds is 4. The summed E-state index contributed by atoms with van der Waals surface area (Å²) in [5, 5.41) is 16.3. The van der Waals surface area contributed by atoms with Crippen molar-refractivity contribution < 1.29 is 27.9 Å². The predicted molar refractivity (Wildman–Crippen MR) is 65.4 cm³/mol. The number of alkyl halides is 3. The number of hydrogen-bond donors (Lipinski definition) is 3. The van der Waals surface area contributed by atoms with Crippen LogP contribution in [0.4, 0.5) is 18.0 Å². The number of hydrogen-bond acceptors (Lipinski definition) is 3. The summed E-state index contributed by atoms with van der Waals surface area (Å²) in [4.78, 5) is 22.2. The molecule has 118 valence electrons. The highest BCUT2D eigenvalue weighted by Crippen LogP contribution is 2.30. The summed E-state index contributed by atoms with van der Waals surface area (Å²) in [6.45, 7) is 1.98. The Balaban J connectivity index is 2.72. The van der Waals surface area contributed by atoms with E-state index in [4.69, 9.17) is 5.11 Å². The van der Waals surface area contributed by atoms with Gasteiger partial charge in [0.1, 0.15) is 0 Å². The molecule has 0 aliphatic rings. The molecule has 21 heavy (non-hydrogen) atoms. The van der Waals surface area contributed by atoms with Crippen molar-refractivity contribution in [2.24, 2.45) is 7.05 Å². The highest BCUT2D eigenvalue weighted by Gasteiger charge is 2.58. The van der Waals surface area contributed by atoms with Crippen LogP contribution in [0.3, 0.4) is 0 Å². The van der Waals surface area contributed by atoms with E-state index in [-0.39, 0.29) is 6.54 Å². The molecule has 0 saturated heterocycles. The predicted octanol–water partition coefficient (Wildman–Crippen LogP) is 0.933. The first-order chi connectivity index (χ1) is 9.47. The Morgan fingerprint density at radius 1 is 1.43 bits per heavy atom. The zero-order valence-corrected chi connectivity index (χ0v) is 11.6. The molecule has 0 aliphatic heterocycles. The first-order valence-electron chi connectivity index (χ1n) is 5.82. The Morgan fingerprint density at radius 3 is 2.38 bits per heavy atom. The van der Waals surface area contributed by atoms with Gasteiger partial charge in [0.05, 0.1) is 5.69 Å². The standard InChI is InChI=1S/C11H15F3N4O3/c1-6-7(5-18(3)17-6)4-15-9(21)16-10(2,8(19)20)11(12,13)14/h5H,4H2,1-3H3,(H,19,20)(H2,15,16,21). The zero-order valence-electron chi connectivity index (χ0n) is 11.6. The van der Waals surface area contributed by atoms with E-state index < -0.39 is 23.7 Å². The quantitative estimate of drug-likeness (QED) is 0.771. The van der Waals surface area contributed by atoms with Gasteiger partial charge in [0, 0.05) is 25.4 Å². The maximum Gasteiger partial charge on any atom is 0.422 e. The molecule has 0 bridgehead atoms. The first kappa shape index (κ1) is 16.8. The van der Waals surface area contributed by atoms with Gasteiger partial charge in [0.15, 0.2) is 0 Å². The van der Waals surface area contributed by atoms with Crippen LogP contribution in [-0.4, -0.2) is 38.6 Å². The van der Waals surface area contributed by atoms with E-state index in [2.05, 4.69) is 10.4 Å². The van der Waals surface area contributed by atoms with Crippen LogP contribution in [0, 0.1) is 6.92 Å². The van der Waals surface area contributed by atoms with Gasteiger partial charge in [0.2, 0.25) is 5.54 Å². The van der Waals surface area contributed by atoms with Crippen LogP contribution in [0.25, 0.3) is 0 Å². The van der Waals surface area contributed by atoms with E-state index in [1.54, 1.807) is 20.2 Å². The molecule has 10 heteroatoms. The number of aliphatic carboxylic acids is 1. The normalized spacial score (nSPS) is 14.4. The van der Waals surface area contributed by atoms with Gasteiger partial charge in [-0.15, -0.1) is 0 Å². The molecule has 1 heterocycles. The summed E-state index contributed by atoms with van der Waals surface area (Å²) in [6.07, 6.45) is -3.53. The van der Waals surface area contributed by atoms with Gasteiger partial charge in [-0.25, -0.2) is 9.59 Å². The van der Waals surface area contributed by atoms with Gasteiger partial charge in [-0.05, 0) is 13.8 Å². The van der Waals surface area contributed by atoms with Gasteiger partial charge in [-0.2, -0.15) is 18.3 Å². The number of aryl methyl sites for hydroxylation is 2. The number of urea groups is 1. The molecule has 0 saturated carbocycles.